The molecule has 17 heavy (non-hydrogen) atoms. The van der Waals surface area contributed by atoms with Crippen LogP contribution in [-0.4, -0.2) is 0 Å². The van der Waals surface area contributed by atoms with Gasteiger partial charge < -0.3 is 0 Å². The maximum Gasteiger partial charge on any atom is -0.0152 e. The maximum atomic E-state index is 2.34. The van der Waals surface area contributed by atoms with Gasteiger partial charge in [-0.25, -0.2) is 0 Å². The fourth-order valence-electron chi connectivity index (χ4n) is 2.33. The molecule has 0 aromatic heterocycles. The number of hydrogen-bond acceptors (Lipinski definition) is 0. The second-order valence-electron chi connectivity index (χ2n) is 4.51. The molecule has 0 saturated carbocycles. The lowest BCUT2D eigenvalue weighted by atomic mass is 9.94. The van der Waals surface area contributed by atoms with E-state index in [0.717, 1.165) is 12.8 Å². The largest absolute Gasteiger partial charge is 0.0620 e. The summed E-state index contributed by atoms with van der Waals surface area (Å²) in [7, 11) is 0. The molecule has 0 aliphatic heterocycles. The Kier molecular flexibility index (Phi) is 3.63. The van der Waals surface area contributed by atoms with E-state index in [4.69, 9.17) is 0 Å². The lowest BCUT2D eigenvalue weighted by molar-refractivity contribution is 1.11. The topological polar surface area (TPSA) is 0 Å². The van der Waals surface area contributed by atoms with E-state index < -0.39 is 0 Å². The summed E-state index contributed by atoms with van der Waals surface area (Å²) in [5.74, 6) is 0. The van der Waals surface area contributed by atoms with Crippen molar-refractivity contribution in [3.63, 3.8) is 0 Å². The Hall–Kier alpha value is -1.56. The zero-order valence-corrected chi connectivity index (χ0v) is 11.0. The van der Waals surface area contributed by atoms with Gasteiger partial charge >= 0.3 is 0 Å². The number of hydrogen-bond donors (Lipinski definition) is 0. The molecule has 2 aromatic carbocycles. The molecule has 0 saturated heterocycles. The van der Waals surface area contributed by atoms with Crippen molar-refractivity contribution in [1.29, 1.82) is 0 Å². The van der Waals surface area contributed by atoms with Crippen LogP contribution in [0.3, 0.4) is 0 Å². The molecule has 0 heteroatoms. The number of benzene rings is 2. The van der Waals surface area contributed by atoms with Crippen LogP contribution >= 0.6 is 0 Å². The van der Waals surface area contributed by atoms with Crippen molar-refractivity contribution in [3.8, 4) is 11.1 Å². The van der Waals surface area contributed by atoms with Crippen molar-refractivity contribution < 1.29 is 0 Å². The number of rotatable bonds is 3. The van der Waals surface area contributed by atoms with Crippen LogP contribution in [0.25, 0.3) is 11.1 Å². The molecule has 0 bridgehead atoms. The molecule has 2 rings (SSSR count). The predicted molar refractivity (Wildman–Crippen MR) is 75.4 cm³/mol. The van der Waals surface area contributed by atoms with E-state index in [2.05, 4.69) is 63.2 Å². The van der Waals surface area contributed by atoms with Crippen LogP contribution in [0.4, 0.5) is 0 Å². The van der Waals surface area contributed by atoms with Gasteiger partial charge in [-0.3, -0.25) is 0 Å². The van der Waals surface area contributed by atoms with E-state index in [1.165, 1.54) is 27.8 Å². The van der Waals surface area contributed by atoms with E-state index in [-0.39, 0.29) is 0 Å². The van der Waals surface area contributed by atoms with Crippen molar-refractivity contribution in [1.82, 2.24) is 0 Å². The third-order valence-corrected chi connectivity index (χ3v) is 3.44. The quantitative estimate of drug-likeness (QED) is 0.703. The SMILES string of the molecule is CCc1cc(-c2ccccc2CC)ccc1C. The van der Waals surface area contributed by atoms with Gasteiger partial charge in [-0.05, 0) is 47.6 Å². The monoisotopic (exact) mass is 224 g/mol. The predicted octanol–water partition coefficient (Wildman–Crippen LogP) is 4.79. The minimum Gasteiger partial charge on any atom is -0.0620 e. The highest BCUT2D eigenvalue weighted by molar-refractivity contribution is 5.68. The smallest absolute Gasteiger partial charge is 0.0152 e. The molecule has 0 aliphatic carbocycles. The molecule has 0 heterocycles. The molecule has 0 unspecified atom stereocenters. The first-order valence-electron chi connectivity index (χ1n) is 6.44. The first-order chi connectivity index (χ1) is 8.26. The van der Waals surface area contributed by atoms with Crippen LogP contribution in [0.15, 0.2) is 42.5 Å². The highest BCUT2D eigenvalue weighted by atomic mass is 14.1. The molecule has 0 fully saturated rings. The van der Waals surface area contributed by atoms with Crippen molar-refractivity contribution in [2.45, 2.75) is 33.6 Å². The van der Waals surface area contributed by atoms with E-state index in [9.17, 15) is 0 Å². The summed E-state index contributed by atoms with van der Waals surface area (Å²) in [4.78, 5) is 0. The minimum absolute atomic E-state index is 1.09. The second kappa shape index (κ2) is 5.18. The molecule has 0 amide bonds. The van der Waals surface area contributed by atoms with Gasteiger partial charge in [0, 0.05) is 0 Å². The molecule has 0 N–H and O–H groups in total. The Morgan fingerprint density at radius 3 is 2.24 bits per heavy atom. The van der Waals surface area contributed by atoms with Gasteiger partial charge in [-0.1, -0.05) is 56.3 Å². The van der Waals surface area contributed by atoms with E-state index >= 15 is 0 Å². The van der Waals surface area contributed by atoms with Crippen molar-refractivity contribution >= 4 is 0 Å². The first-order valence-corrected chi connectivity index (χ1v) is 6.44. The van der Waals surface area contributed by atoms with Crippen molar-refractivity contribution in [2.75, 3.05) is 0 Å². The van der Waals surface area contributed by atoms with Gasteiger partial charge in [-0.2, -0.15) is 0 Å². The summed E-state index contributed by atoms with van der Waals surface area (Å²) in [6.45, 7) is 6.62. The van der Waals surface area contributed by atoms with E-state index in [0.29, 0.717) is 0 Å². The van der Waals surface area contributed by atoms with Crippen molar-refractivity contribution in [2.24, 2.45) is 0 Å². The summed E-state index contributed by atoms with van der Waals surface area (Å²) in [6.07, 6.45) is 2.19. The summed E-state index contributed by atoms with van der Waals surface area (Å²) in [5, 5.41) is 0. The van der Waals surface area contributed by atoms with Gasteiger partial charge in [0.05, 0.1) is 0 Å². The summed E-state index contributed by atoms with van der Waals surface area (Å²) in [6, 6.07) is 15.5. The molecule has 0 atom stereocenters. The van der Waals surface area contributed by atoms with Gasteiger partial charge in [0.25, 0.3) is 0 Å². The Morgan fingerprint density at radius 1 is 0.824 bits per heavy atom. The molecule has 2 aromatic rings. The molecular formula is C17H20. The minimum atomic E-state index is 1.09. The van der Waals surface area contributed by atoms with Gasteiger partial charge in [0.2, 0.25) is 0 Å². The van der Waals surface area contributed by atoms with Gasteiger partial charge in [0.1, 0.15) is 0 Å². The maximum absolute atomic E-state index is 2.34. The van der Waals surface area contributed by atoms with Crippen LogP contribution < -0.4 is 0 Å². The summed E-state index contributed by atoms with van der Waals surface area (Å²) < 4.78 is 0. The lowest BCUT2D eigenvalue weighted by Crippen LogP contribution is -1.91. The zero-order valence-electron chi connectivity index (χ0n) is 11.0. The normalized spacial score (nSPS) is 10.5. The third-order valence-electron chi connectivity index (χ3n) is 3.44. The van der Waals surface area contributed by atoms with E-state index in [1.807, 2.05) is 0 Å². The molecule has 0 nitrogen and oxygen atoms in total. The summed E-state index contributed by atoms with van der Waals surface area (Å²) >= 11 is 0. The molecule has 0 aliphatic rings. The molecule has 0 spiro atoms. The highest BCUT2D eigenvalue weighted by Crippen LogP contribution is 2.26. The van der Waals surface area contributed by atoms with Crippen LogP contribution in [0.5, 0.6) is 0 Å². The second-order valence-corrected chi connectivity index (χ2v) is 4.51. The summed E-state index contributed by atoms with van der Waals surface area (Å²) in [5.41, 5.74) is 7.01. The Labute approximate surface area is 104 Å². The molecule has 88 valence electrons. The molecular weight excluding hydrogens is 204 g/mol. The fraction of sp³-hybridized carbons (Fsp3) is 0.294. The Bertz CT molecular complexity index is 509. The third kappa shape index (κ3) is 2.41. The molecule has 0 radical (unpaired) electrons. The van der Waals surface area contributed by atoms with Crippen LogP contribution in [0.2, 0.25) is 0 Å². The zero-order chi connectivity index (χ0) is 12.3. The fourth-order valence-corrected chi connectivity index (χ4v) is 2.33. The first kappa shape index (κ1) is 11.9. The van der Waals surface area contributed by atoms with Gasteiger partial charge in [0.15, 0.2) is 0 Å². The standard InChI is InChI=1S/C17H20/c1-4-14-8-6-7-9-17(14)16-11-10-13(3)15(5-2)12-16/h6-12H,4-5H2,1-3H3. The van der Waals surface area contributed by atoms with E-state index in [1.54, 1.807) is 0 Å². The van der Waals surface area contributed by atoms with Crippen LogP contribution in [0, 0.1) is 6.92 Å². The van der Waals surface area contributed by atoms with Crippen LogP contribution in [-0.2, 0) is 12.8 Å². The average molecular weight is 224 g/mol. The van der Waals surface area contributed by atoms with Crippen molar-refractivity contribution in [3.05, 3.63) is 59.2 Å². The lowest BCUT2D eigenvalue weighted by Gasteiger charge is -2.11. The highest BCUT2D eigenvalue weighted by Gasteiger charge is 2.04. The Morgan fingerprint density at radius 2 is 1.53 bits per heavy atom. The van der Waals surface area contributed by atoms with Gasteiger partial charge in [-0.15, -0.1) is 0 Å². The van der Waals surface area contributed by atoms with Crippen LogP contribution in [0.1, 0.15) is 30.5 Å². The number of aryl methyl sites for hydroxylation is 3. The average Bonchev–Trinajstić information content (AvgIpc) is 2.39. The Balaban J connectivity index is 2.53.